The van der Waals surface area contributed by atoms with Gasteiger partial charge in [-0.3, -0.25) is 19.6 Å². The molecule has 2 aromatic rings. The molecule has 2 aromatic heterocycles. The molecule has 0 atom stereocenters. The number of aryl methyl sites for hydroxylation is 2. The van der Waals surface area contributed by atoms with E-state index in [1.165, 1.54) is 22.2 Å². The van der Waals surface area contributed by atoms with Gasteiger partial charge < -0.3 is 0 Å². The lowest BCUT2D eigenvalue weighted by atomic mass is 10.3. The molecule has 7 heteroatoms. The summed E-state index contributed by atoms with van der Waals surface area (Å²) in [5.41, 5.74) is 3.79. The summed E-state index contributed by atoms with van der Waals surface area (Å²) in [4.78, 5) is 27.3. The zero-order valence-electron chi connectivity index (χ0n) is 9.97. The minimum atomic E-state index is -0.232. The smallest absolute Gasteiger partial charge is 0.271 e. The van der Waals surface area contributed by atoms with Crippen LogP contribution in [0, 0.1) is 6.92 Å². The van der Waals surface area contributed by atoms with Crippen LogP contribution in [0.4, 0.5) is 0 Å². The van der Waals surface area contributed by atoms with Crippen molar-refractivity contribution in [3.63, 3.8) is 0 Å². The molecule has 1 amide bonds. The number of aromatic nitrogens is 2. The maximum absolute atomic E-state index is 12.1. The van der Waals surface area contributed by atoms with Crippen LogP contribution in [0.25, 0.3) is 10.2 Å². The molecule has 0 aliphatic heterocycles. The number of fused-ring (bicyclic) bond motifs is 1. The van der Waals surface area contributed by atoms with E-state index in [9.17, 15) is 9.59 Å². The summed E-state index contributed by atoms with van der Waals surface area (Å²) < 4.78 is 2.19. The first-order valence-corrected chi connectivity index (χ1v) is 6.44. The van der Waals surface area contributed by atoms with Gasteiger partial charge in [0, 0.05) is 13.0 Å². The first kappa shape index (κ1) is 12.7. The fourth-order valence-electron chi connectivity index (χ4n) is 1.70. The predicted molar refractivity (Wildman–Crippen MR) is 70.2 cm³/mol. The molecule has 0 radical (unpaired) electrons. The van der Waals surface area contributed by atoms with Crippen molar-refractivity contribution in [1.82, 2.24) is 15.0 Å². The lowest BCUT2D eigenvalue weighted by Crippen LogP contribution is -2.30. The van der Waals surface area contributed by atoms with Crippen molar-refractivity contribution >= 4 is 27.5 Å². The Morgan fingerprint density at radius 2 is 2.39 bits per heavy atom. The molecule has 0 aliphatic carbocycles. The Morgan fingerprint density at radius 3 is 3.11 bits per heavy atom. The maximum atomic E-state index is 12.1. The molecule has 0 spiro atoms. The van der Waals surface area contributed by atoms with Crippen LogP contribution in [-0.2, 0) is 11.3 Å². The third kappa shape index (κ3) is 2.41. The average molecular weight is 266 g/mol. The molecule has 18 heavy (non-hydrogen) atoms. The summed E-state index contributed by atoms with van der Waals surface area (Å²) >= 11 is 1.40. The van der Waals surface area contributed by atoms with Gasteiger partial charge in [-0.1, -0.05) is 0 Å². The highest BCUT2D eigenvalue weighted by Gasteiger charge is 2.08. The number of nitrogens with zero attached hydrogens (tertiary/aromatic N) is 2. The Balaban J connectivity index is 2.17. The maximum Gasteiger partial charge on any atom is 0.271 e. The van der Waals surface area contributed by atoms with Crippen molar-refractivity contribution in [3.05, 3.63) is 27.6 Å². The number of hydrazine groups is 1. The molecule has 2 heterocycles. The van der Waals surface area contributed by atoms with Crippen molar-refractivity contribution in [2.45, 2.75) is 26.3 Å². The third-order valence-electron chi connectivity index (χ3n) is 2.69. The zero-order valence-corrected chi connectivity index (χ0v) is 10.8. The summed E-state index contributed by atoms with van der Waals surface area (Å²) in [5.74, 6) is 4.75. The standard InChI is InChI=1S/C11H14N4O2S/c1-7-5-18-10-9(7)13-6-15(11(10)17)4-2-3-8(16)14-12/h5-6H,2-4,12H2,1H3,(H,14,16). The van der Waals surface area contributed by atoms with Gasteiger partial charge in [-0.2, -0.15) is 0 Å². The van der Waals surface area contributed by atoms with Crippen molar-refractivity contribution in [2.75, 3.05) is 0 Å². The van der Waals surface area contributed by atoms with Crippen LogP contribution in [0.3, 0.4) is 0 Å². The molecule has 6 nitrogen and oxygen atoms in total. The summed E-state index contributed by atoms with van der Waals surface area (Å²) in [7, 11) is 0. The van der Waals surface area contributed by atoms with E-state index in [2.05, 4.69) is 10.4 Å². The first-order valence-electron chi connectivity index (χ1n) is 5.56. The van der Waals surface area contributed by atoms with E-state index >= 15 is 0 Å². The summed E-state index contributed by atoms with van der Waals surface area (Å²) in [5, 5.41) is 1.92. The van der Waals surface area contributed by atoms with Gasteiger partial charge in [-0.25, -0.2) is 10.8 Å². The number of nitrogens with two attached hydrogens (primary N) is 1. The van der Waals surface area contributed by atoms with E-state index in [4.69, 9.17) is 5.84 Å². The van der Waals surface area contributed by atoms with Gasteiger partial charge in [0.2, 0.25) is 5.91 Å². The van der Waals surface area contributed by atoms with Gasteiger partial charge in [0.25, 0.3) is 5.56 Å². The van der Waals surface area contributed by atoms with Gasteiger partial charge in [0.1, 0.15) is 4.70 Å². The highest BCUT2D eigenvalue weighted by Crippen LogP contribution is 2.19. The second kappa shape index (κ2) is 5.28. The Hall–Kier alpha value is -1.73. The second-order valence-corrected chi connectivity index (χ2v) is 4.89. The average Bonchev–Trinajstić information content (AvgIpc) is 2.74. The van der Waals surface area contributed by atoms with E-state index in [1.54, 1.807) is 0 Å². The highest BCUT2D eigenvalue weighted by atomic mass is 32.1. The van der Waals surface area contributed by atoms with Crippen LogP contribution in [0.5, 0.6) is 0 Å². The van der Waals surface area contributed by atoms with Gasteiger partial charge in [-0.05, 0) is 24.3 Å². The van der Waals surface area contributed by atoms with E-state index in [0.717, 1.165) is 11.1 Å². The Morgan fingerprint density at radius 1 is 1.61 bits per heavy atom. The van der Waals surface area contributed by atoms with Crippen LogP contribution in [0.2, 0.25) is 0 Å². The van der Waals surface area contributed by atoms with Gasteiger partial charge in [0.05, 0.1) is 11.8 Å². The third-order valence-corrected chi connectivity index (χ3v) is 3.76. The Bertz CT molecular complexity index is 631. The Labute approximate surface area is 107 Å². The molecule has 0 aromatic carbocycles. The fraction of sp³-hybridized carbons (Fsp3) is 0.364. The van der Waals surface area contributed by atoms with Gasteiger partial charge >= 0.3 is 0 Å². The van der Waals surface area contributed by atoms with Crippen molar-refractivity contribution in [3.8, 4) is 0 Å². The molecule has 3 N–H and O–H groups in total. The second-order valence-electron chi connectivity index (χ2n) is 4.01. The molecular formula is C11H14N4O2S. The van der Waals surface area contributed by atoms with Crippen LogP contribution >= 0.6 is 11.3 Å². The predicted octanol–water partition coefficient (Wildman–Crippen LogP) is 0.537. The lowest BCUT2D eigenvalue weighted by molar-refractivity contribution is -0.121. The monoisotopic (exact) mass is 266 g/mol. The molecule has 0 saturated heterocycles. The molecule has 0 bridgehead atoms. The molecule has 2 rings (SSSR count). The normalized spacial score (nSPS) is 10.8. The topological polar surface area (TPSA) is 90.0 Å². The van der Waals surface area contributed by atoms with Crippen molar-refractivity contribution in [2.24, 2.45) is 5.84 Å². The molecule has 0 saturated carbocycles. The quantitative estimate of drug-likeness (QED) is 0.480. The fourth-order valence-corrected chi connectivity index (χ4v) is 2.65. The first-order chi connectivity index (χ1) is 8.63. The SMILES string of the molecule is Cc1csc2c(=O)n(CCCC(=O)NN)cnc12. The van der Waals surface area contributed by atoms with Crippen molar-refractivity contribution in [1.29, 1.82) is 0 Å². The largest absolute Gasteiger partial charge is 0.298 e. The van der Waals surface area contributed by atoms with Crippen molar-refractivity contribution < 1.29 is 4.79 Å². The number of amides is 1. The van der Waals surface area contributed by atoms with Crippen LogP contribution in [0.15, 0.2) is 16.5 Å². The van der Waals surface area contributed by atoms with Crippen LogP contribution in [-0.4, -0.2) is 15.5 Å². The van der Waals surface area contributed by atoms with E-state index in [0.29, 0.717) is 24.1 Å². The molecule has 96 valence electrons. The highest BCUT2D eigenvalue weighted by molar-refractivity contribution is 7.17. The van der Waals surface area contributed by atoms with E-state index < -0.39 is 0 Å². The zero-order chi connectivity index (χ0) is 13.1. The van der Waals surface area contributed by atoms with Crippen LogP contribution < -0.4 is 16.8 Å². The number of hydrogen-bond acceptors (Lipinski definition) is 5. The van der Waals surface area contributed by atoms with Gasteiger partial charge in [-0.15, -0.1) is 11.3 Å². The number of nitrogens with one attached hydrogen (secondary N) is 1. The van der Waals surface area contributed by atoms with Crippen LogP contribution in [0.1, 0.15) is 18.4 Å². The summed E-state index contributed by atoms with van der Waals surface area (Å²) in [6, 6.07) is 0. The van der Waals surface area contributed by atoms with Gasteiger partial charge in [0.15, 0.2) is 0 Å². The molecular weight excluding hydrogens is 252 g/mol. The Kier molecular flexibility index (Phi) is 3.73. The number of carbonyl (C=O) groups is 1. The summed E-state index contributed by atoms with van der Waals surface area (Å²) in [6.07, 6.45) is 2.38. The molecule has 0 unspecified atom stereocenters. The van der Waals surface area contributed by atoms with E-state index in [1.807, 2.05) is 12.3 Å². The number of carbonyl (C=O) groups excluding carboxylic acids is 1. The molecule has 0 fully saturated rings. The van der Waals surface area contributed by atoms with E-state index in [-0.39, 0.29) is 11.5 Å². The summed E-state index contributed by atoms with van der Waals surface area (Å²) in [6.45, 7) is 2.40. The minimum absolute atomic E-state index is 0.0498. The lowest BCUT2D eigenvalue weighted by Gasteiger charge is -2.04. The minimum Gasteiger partial charge on any atom is -0.298 e. The number of rotatable bonds is 4. The molecule has 0 aliphatic rings. The number of thiophene rings is 1. The number of hydrogen-bond donors (Lipinski definition) is 2.